The third-order valence-electron chi connectivity index (χ3n) is 5.22. The maximum Gasteiger partial charge on any atom is 0.289 e. The van der Waals surface area contributed by atoms with Gasteiger partial charge in [0.2, 0.25) is 0 Å². The van der Waals surface area contributed by atoms with Crippen molar-refractivity contribution >= 4 is 5.91 Å². The van der Waals surface area contributed by atoms with Crippen molar-refractivity contribution in [3.63, 3.8) is 0 Å². The zero-order valence-electron chi connectivity index (χ0n) is 13.0. The molecule has 0 spiro atoms. The molecule has 4 rings (SSSR count). The normalized spacial score (nSPS) is 26.3. The Labute approximate surface area is 135 Å². The standard InChI is InChI=1S/C18H20N2O3/c21-17(16-6-3-9-22-16)20-11-14-4-1-7-18(14,12-20)13-23-15-5-2-8-19-10-15/h2-3,5-6,8-10,14H,1,4,7,11-13H2/t14-,18+/m1/s1. The minimum Gasteiger partial charge on any atom is -0.491 e. The molecule has 2 aromatic rings. The van der Waals surface area contributed by atoms with E-state index in [1.165, 1.54) is 12.8 Å². The Balaban J connectivity index is 1.47. The van der Waals surface area contributed by atoms with E-state index in [4.69, 9.17) is 9.15 Å². The molecular weight excluding hydrogens is 292 g/mol. The van der Waals surface area contributed by atoms with Gasteiger partial charge in [-0.3, -0.25) is 9.78 Å². The van der Waals surface area contributed by atoms with Crippen LogP contribution in [0.15, 0.2) is 47.3 Å². The number of likely N-dealkylation sites (tertiary alicyclic amines) is 1. The summed E-state index contributed by atoms with van der Waals surface area (Å²) in [6.07, 6.45) is 8.51. The first-order valence-electron chi connectivity index (χ1n) is 8.12. The van der Waals surface area contributed by atoms with Crippen molar-refractivity contribution in [3.05, 3.63) is 48.7 Å². The highest BCUT2D eigenvalue weighted by molar-refractivity contribution is 5.91. The number of hydrogen-bond acceptors (Lipinski definition) is 4. The molecule has 2 fully saturated rings. The Bertz CT molecular complexity index is 671. The molecule has 23 heavy (non-hydrogen) atoms. The molecular formula is C18H20N2O3. The van der Waals surface area contributed by atoms with Gasteiger partial charge in [0.1, 0.15) is 5.75 Å². The molecule has 5 heteroatoms. The summed E-state index contributed by atoms with van der Waals surface area (Å²) in [5.41, 5.74) is 0.0676. The smallest absolute Gasteiger partial charge is 0.289 e. The van der Waals surface area contributed by atoms with Gasteiger partial charge < -0.3 is 14.1 Å². The van der Waals surface area contributed by atoms with E-state index in [2.05, 4.69) is 4.98 Å². The lowest BCUT2D eigenvalue weighted by atomic mass is 9.81. The highest BCUT2D eigenvalue weighted by Crippen LogP contribution is 2.49. The minimum atomic E-state index is -0.00912. The van der Waals surface area contributed by atoms with Gasteiger partial charge >= 0.3 is 0 Å². The van der Waals surface area contributed by atoms with E-state index in [0.717, 1.165) is 25.3 Å². The SMILES string of the molecule is O=C(c1ccco1)N1C[C@H]2CCC[C@@]2(COc2cccnc2)C1. The first-order valence-corrected chi connectivity index (χ1v) is 8.12. The van der Waals surface area contributed by atoms with Gasteiger partial charge in [0, 0.05) is 24.7 Å². The molecule has 1 saturated heterocycles. The summed E-state index contributed by atoms with van der Waals surface area (Å²) in [5, 5.41) is 0. The van der Waals surface area contributed by atoms with Crippen molar-refractivity contribution in [2.24, 2.45) is 11.3 Å². The number of rotatable bonds is 4. The maximum absolute atomic E-state index is 12.5. The average Bonchev–Trinajstić information content (AvgIpc) is 3.29. The number of pyridine rings is 1. The fraction of sp³-hybridized carbons (Fsp3) is 0.444. The van der Waals surface area contributed by atoms with Gasteiger partial charge in [0.25, 0.3) is 5.91 Å². The Kier molecular flexibility index (Phi) is 3.56. The zero-order chi connectivity index (χ0) is 15.7. The predicted octanol–water partition coefficient (Wildman–Crippen LogP) is 3.00. The third kappa shape index (κ3) is 2.60. The van der Waals surface area contributed by atoms with Crippen molar-refractivity contribution in [2.45, 2.75) is 19.3 Å². The van der Waals surface area contributed by atoms with Crippen molar-refractivity contribution in [2.75, 3.05) is 19.7 Å². The topological polar surface area (TPSA) is 55.6 Å². The van der Waals surface area contributed by atoms with Gasteiger partial charge in [-0.2, -0.15) is 0 Å². The lowest BCUT2D eigenvalue weighted by Crippen LogP contribution is -2.35. The quantitative estimate of drug-likeness (QED) is 0.871. The van der Waals surface area contributed by atoms with Crippen LogP contribution in [0.3, 0.4) is 0 Å². The molecule has 5 nitrogen and oxygen atoms in total. The molecule has 0 unspecified atom stereocenters. The summed E-state index contributed by atoms with van der Waals surface area (Å²) in [7, 11) is 0. The molecule has 2 aromatic heterocycles. The van der Waals surface area contributed by atoms with Crippen LogP contribution in [-0.2, 0) is 0 Å². The molecule has 0 radical (unpaired) electrons. The molecule has 120 valence electrons. The molecule has 1 aliphatic heterocycles. The fourth-order valence-electron chi connectivity index (χ4n) is 4.02. The number of furan rings is 1. The van der Waals surface area contributed by atoms with Crippen molar-refractivity contribution in [1.82, 2.24) is 9.88 Å². The molecule has 0 bridgehead atoms. The lowest BCUT2D eigenvalue weighted by Gasteiger charge is -2.28. The molecule has 1 aliphatic carbocycles. The van der Waals surface area contributed by atoms with Gasteiger partial charge in [0.15, 0.2) is 5.76 Å². The maximum atomic E-state index is 12.5. The van der Waals surface area contributed by atoms with Crippen molar-refractivity contribution < 1.29 is 13.9 Å². The summed E-state index contributed by atoms with van der Waals surface area (Å²) in [6.45, 7) is 2.19. The van der Waals surface area contributed by atoms with Gasteiger partial charge in [-0.1, -0.05) is 6.42 Å². The molecule has 2 aliphatic rings. The fourth-order valence-corrected chi connectivity index (χ4v) is 4.02. The van der Waals surface area contributed by atoms with Crippen LogP contribution in [0.4, 0.5) is 0 Å². The van der Waals surface area contributed by atoms with Gasteiger partial charge in [-0.25, -0.2) is 0 Å². The number of carbonyl (C=O) groups excluding carboxylic acids is 1. The van der Waals surface area contributed by atoms with Crippen molar-refractivity contribution in [1.29, 1.82) is 0 Å². The second-order valence-corrected chi connectivity index (χ2v) is 6.59. The van der Waals surface area contributed by atoms with Gasteiger partial charge in [-0.05, 0) is 43.0 Å². The van der Waals surface area contributed by atoms with E-state index in [0.29, 0.717) is 18.3 Å². The van der Waals surface area contributed by atoms with E-state index in [9.17, 15) is 4.79 Å². The number of fused-ring (bicyclic) bond motifs is 1. The van der Waals surface area contributed by atoms with Crippen LogP contribution in [-0.4, -0.2) is 35.5 Å². The molecule has 0 N–H and O–H groups in total. The molecule has 1 saturated carbocycles. The number of nitrogens with zero attached hydrogens (tertiary/aromatic N) is 2. The largest absolute Gasteiger partial charge is 0.491 e. The highest BCUT2D eigenvalue weighted by Gasteiger charge is 2.51. The van der Waals surface area contributed by atoms with E-state index < -0.39 is 0 Å². The number of carbonyl (C=O) groups is 1. The second kappa shape index (κ2) is 5.72. The van der Waals surface area contributed by atoms with E-state index in [1.807, 2.05) is 17.0 Å². The van der Waals surface area contributed by atoms with Crippen LogP contribution in [0.5, 0.6) is 5.75 Å². The Morgan fingerprint density at radius 3 is 3.17 bits per heavy atom. The first kappa shape index (κ1) is 14.3. The summed E-state index contributed by atoms with van der Waals surface area (Å²) < 4.78 is 11.3. The van der Waals surface area contributed by atoms with Crippen LogP contribution >= 0.6 is 0 Å². The molecule has 1 amide bonds. The van der Waals surface area contributed by atoms with Crippen LogP contribution in [0.1, 0.15) is 29.8 Å². The van der Waals surface area contributed by atoms with E-state index >= 15 is 0 Å². The summed E-state index contributed by atoms with van der Waals surface area (Å²) in [5.74, 6) is 1.72. The number of aromatic nitrogens is 1. The third-order valence-corrected chi connectivity index (χ3v) is 5.22. The molecule has 0 aromatic carbocycles. The summed E-state index contributed by atoms with van der Waals surface area (Å²) in [4.78, 5) is 18.6. The Hall–Kier alpha value is -2.30. The predicted molar refractivity (Wildman–Crippen MR) is 84.1 cm³/mol. The monoisotopic (exact) mass is 312 g/mol. The van der Waals surface area contributed by atoms with Crippen LogP contribution < -0.4 is 4.74 Å². The molecule has 3 heterocycles. The molecule has 2 atom stereocenters. The number of amides is 1. The van der Waals surface area contributed by atoms with Crippen LogP contribution in [0.25, 0.3) is 0 Å². The zero-order valence-corrected chi connectivity index (χ0v) is 13.0. The lowest BCUT2D eigenvalue weighted by molar-refractivity contribution is 0.0716. The summed E-state index contributed by atoms with van der Waals surface area (Å²) in [6, 6.07) is 7.29. The van der Waals surface area contributed by atoms with E-state index in [1.54, 1.807) is 30.8 Å². The number of hydrogen-bond donors (Lipinski definition) is 0. The van der Waals surface area contributed by atoms with Crippen LogP contribution in [0, 0.1) is 11.3 Å². The minimum absolute atomic E-state index is 0.00912. The first-order chi connectivity index (χ1) is 11.3. The van der Waals surface area contributed by atoms with Gasteiger partial charge in [-0.15, -0.1) is 0 Å². The van der Waals surface area contributed by atoms with Crippen molar-refractivity contribution in [3.8, 4) is 5.75 Å². The second-order valence-electron chi connectivity index (χ2n) is 6.59. The van der Waals surface area contributed by atoms with Gasteiger partial charge in [0.05, 0.1) is 19.1 Å². The Morgan fingerprint density at radius 1 is 1.43 bits per heavy atom. The number of ether oxygens (including phenoxy) is 1. The highest BCUT2D eigenvalue weighted by atomic mass is 16.5. The van der Waals surface area contributed by atoms with Crippen LogP contribution in [0.2, 0.25) is 0 Å². The summed E-state index contributed by atoms with van der Waals surface area (Å²) >= 11 is 0. The van der Waals surface area contributed by atoms with E-state index in [-0.39, 0.29) is 11.3 Å². The average molecular weight is 312 g/mol. The Morgan fingerprint density at radius 2 is 2.39 bits per heavy atom.